The fourth-order valence-corrected chi connectivity index (χ4v) is 1.76. The van der Waals surface area contributed by atoms with Crippen molar-refractivity contribution in [3.8, 4) is 0 Å². The Bertz CT molecular complexity index is 97.5. The number of hydrogen-bond acceptors (Lipinski definition) is 2. The van der Waals surface area contributed by atoms with Crippen LogP contribution in [-0.2, 0) is 0 Å². The summed E-state index contributed by atoms with van der Waals surface area (Å²) in [5.74, 6) is 0. The topological polar surface area (TPSA) is 6.48 Å². The Labute approximate surface area is 83.4 Å². The van der Waals surface area contributed by atoms with E-state index in [4.69, 9.17) is 0 Å². The molecule has 1 fully saturated rings. The third kappa shape index (κ3) is 3.71. The van der Waals surface area contributed by atoms with Crippen molar-refractivity contribution in [2.45, 2.75) is 19.8 Å². The third-order valence-corrected chi connectivity index (χ3v) is 3.11. The summed E-state index contributed by atoms with van der Waals surface area (Å²) in [6, 6.07) is 0. The number of rotatable bonds is 3. The fraction of sp³-hybridized carbons (Fsp3) is 1.00. The second-order valence-corrected chi connectivity index (χ2v) is 4.47. The zero-order chi connectivity index (χ0) is 8.10. The minimum absolute atomic E-state index is 1.24. The summed E-state index contributed by atoms with van der Waals surface area (Å²) in [5, 5.41) is 0. The summed E-state index contributed by atoms with van der Waals surface area (Å²) in [4.78, 5) is 2.57. The highest BCUT2D eigenvalue weighted by Crippen LogP contribution is 2.06. The van der Waals surface area contributed by atoms with E-state index in [-0.39, 0.29) is 0 Å². The lowest BCUT2D eigenvalue weighted by molar-refractivity contribution is 0.203. The van der Waals surface area contributed by atoms with Crippen molar-refractivity contribution in [1.29, 1.82) is 0 Å². The van der Waals surface area contributed by atoms with Crippen molar-refractivity contribution in [3.63, 3.8) is 0 Å². The molecule has 0 aliphatic carbocycles. The standard InChI is InChI=1S/C8H17IN2/c1-2-3-4-10-5-7-11(9)8-6-10/h2-8H2,1H3. The molecule has 0 saturated carbocycles. The van der Waals surface area contributed by atoms with E-state index in [1.54, 1.807) is 0 Å². The van der Waals surface area contributed by atoms with Gasteiger partial charge < -0.3 is 4.90 Å². The summed E-state index contributed by atoms with van der Waals surface area (Å²) in [6.07, 6.45) is 2.69. The molecule has 1 rings (SSSR count). The summed E-state index contributed by atoms with van der Waals surface area (Å²) < 4.78 is 2.38. The lowest BCUT2D eigenvalue weighted by Gasteiger charge is -2.30. The van der Waals surface area contributed by atoms with Crippen molar-refractivity contribution in [1.82, 2.24) is 8.01 Å². The van der Waals surface area contributed by atoms with Gasteiger partial charge in [0.2, 0.25) is 0 Å². The van der Waals surface area contributed by atoms with Gasteiger partial charge in [0.05, 0.1) is 0 Å². The normalized spacial score (nSPS) is 22.4. The average molecular weight is 268 g/mol. The van der Waals surface area contributed by atoms with E-state index in [0.29, 0.717) is 0 Å². The SMILES string of the molecule is CCCCN1CCN(I)CC1. The zero-order valence-electron chi connectivity index (χ0n) is 7.22. The van der Waals surface area contributed by atoms with Crippen LogP contribution >= 0.6 is 22.9 Å². The molecule has 0 atom stereocenters. The maximum atomic E-state index is 2.57. The van der Waals surface area contributed by atoms with Crippen LogP contribution in [0.1, 0.15) is 19.8 Å². The molecule has 1 saturated heterocycles. The molecule has 0 spiro atoms. The number of unbranched alkanes of at least 4 members (excludes halogenated alkanes) is 1. The highest BCUT2D eigenvalue weighted by atomic mass is 127. The molecule has 1 aliphatic heterocycles. The predicted molar refractivity (Wildman–Crippen MR) is 56.9 cm³/mol. The molecule has 0 aromatic carbocycles. The summed E-state index contributed by atoms with van der Waals surface area (Å²) >= 11 is 2.41. The van der Waals surface area contributed by atoms with Gasteiger partial charge in [0.15, 0.2) is 0 Å². The van der Waals surface area contributed by atoms with Crippen LogP contribution < -0.4 is 0 Å². The Hall–Kier alpha value is 0.650. The van der Waals surface area contributed by atoms with Crippen LogP contribution in [0.15, 0.2) is 0 Å². The molecule has 11 heavy (non-hydrogen) atoms. The molecule has 0 amide bonds. The number of hydrogen-bond donors (Lipinski definition) is 0. The highest BCUT2D eigenvalue weighted by Gasteiger charge is 2.13. The Morgan fingerprint density at radius 2 is 1.82 bits per heavy atom. The van der Waals surface area contributed by atoms with E-state index in [2.05, 4.69) is 37.8 Å². The molecule has 0 aromatic rings. The molecular weight excluding hydrogens is 251 g/mol. The zero-order valence-corrected chi connectivity index (χ0v) is 9.38. The van der Waals surface area contributed by atoms with Gasteiger partial charge in [0, 0.05) is 49.0 Å². The molecular formula is C8H17IN2. The van der Waals surface area contributed by atoms with E-state index < -0.39 is 0 Å². The van der Waals surface area contributed by atoms with Gasteiger partial charge in [-0.1, -0.05) is 13.3 Å². The van der Waals surface area contributed by atoms with Crippen molar-refractivity contribution >= 4 is 22.9 Å². The van der Waals surface area contributed by atoms with Crippen LogP contribution in [0.25, 0.3) is 0 Å². The predicted octanol–water partition coefficient (Wildman–Crippen LogP) is 1.75. The first-order valence-electron chi connectivity index (χ1n) is 4.46. The first-order valence-corrected chi connectivity index (χ1v) is 5.42. The van der Waals surface area contributed by atoms with Gasteiger partial charge in [-0.15, -0.1) is 0 Å². The Kier molecular flexibility index (Phi) is 4.71. The number of piperazine rings is 1. The number of nitrogens with zero attached hydrogens (tertiary/aromatic N) is 2. The highest BCUT2D eigenvalue weighted by molar-refractivity contribution is 14.1. The maximum Gasteiger partial charge on any atom is 0.0209 e. The van der Waals surface area contributed by atoms with Crippen molar-refractivity contribution in [2.24, 2.45) is 0 Å². The van der Waals surface area contributed by atoms with Crippen molar-refractivity contribution in [3.05, 3.63) is 0 Å². The molecule has 2 nitrogen and oxygen atoms in total. The maximum absolute atomic E-state index is 2.57. The van der Waals surface area contributed by atoms with E-state index in [1.165, 1.54) is 45.6 Å². The van der Waals surface area contributed by atoms with E-state index in [0.717, 1.165) is 0 Å². The largest absolute Gasteiger partial charge is 0.301 e. The van der Waals surface area contributed by atoms with E-state index in [1.807, 2.05) is 0 Å². The van der Waals surface area contributed by atoms with Crippen molar-refractivity contribution < 1.29 is 0 Å². The van der Waals surface area contributed by atoms with Crippen molar-refractivity contribution in [2.75, 3.05) is 32.7 Å². The first-order chi connectivity index (χ1) is 5.33. The van der Waals surface area contributed by atoms with Crippen LogP contribution in [-0.4, -0.2) is 40.7 Å². The molecule has 1 heterocycles. The summed E-state index contributed by atoms with van der Waals surface area (Å²) in [5.41, 5.74) is 0. The minimum Gasteiger partial charge on any atom is -0.301 e. The summed E-state index contributed by atoms with van der Waals surface area (Å²) in [6.45, 7) is 8.58. The number of halogens is 1. The molecule has 1 aliphatic rings. The van der Waals surface area contributed by atoms with Gasteiger partial charge in [-0.05, 0) is 13.0 Å². The quantitative estimate of drug-likeness (QED) is 0.568. The van der Waals surface area contributed by atoms with Gasteiger partial charge in [0.1, 0.15) is 0 Å². The lowest BCUT2D eigenvalue weighted by atomic mass is 10.3. The molecule has 0 N–H and O–H groups in total. The monoisotopic (exact) mass is 268 g/mol. The molecule has 0 unspecified atom stereocenters. The van der Waals surface area contributed by atoms with E-state index in [9.17, 15) is 0 Å². The second-order valence-electron chi connectivity index (χ2n) is 3.11. The van der Waals surface area contributed by atoms with Crippen LogP contribution in [0.3, 0.4) is 0 Å². The van der Waals surface area contributed by atoms with Crippen LogP contribution in [0.2, 0.25) is 0 Å². The van der Waals surface area contributed by atoms with Gasteiger partial charge in [0.25, 0.3) is 0 Å². The molecule has 66 valence electrons. The van der Waals surface area contributed by atoms with Gasteiger partial charge in [-0.25, -0.2) is 3.11 Å². The molecule has 0 aromatic heterocycles. The third-order valence-electron chi connectivity index (χ3n) is 2.15. The van der Waals surface area contributed by atoms with Gasteiger partial charge in [-0.3, -0.25) is 0 Å². The Balaban J connectivity index is 2.07. The molecule has 0 radical (unpaired) electrons. The lowest BCUT2D eigenvalue weighted by Crippen LogP contribution is -2.42. The Morgan fingerprint density at radius 1 is 1.18 bits per heavy atom. The smallest absolute Gasteiger partial charge is 0.0209 e. The Morgan fingerprint density at radius 3 is 2.36 bits per heavy atom. The summed E-state index contributed by atoms with van der Waals surface area (Å²) in [7, 11) is 0. The average Bonchev–Trinajstić information content (AvgIpc) is 2.04. The second kappa shape index (κ2) is 5.32. The fourth-order valence-electron chi connectivity index (χ4n) is 1.33. The van der Waals surface area contributed by atoms with Crippen LogP contribution in [0.5, 0.6) is 0 Å². The van der Waals surface area contributed by atoms with E-state index >= 15 is 0 Å². The minimum atomic E-state index is 1.24. The molecule has 0 bridgehead atoms. The van der Waals surface area contributed by atoms with Gasteiger partial charge in [-0.2, -0.15) is 0 Å². The van der Waals surface area contributed by atoms with Crippen LogP contribution in [0, 0.1) is 0 Å². The van der Waals surface area contributed by atoms with Crippen LogP contribution in [0.4, 0.5) is 0 Å². The first kappa shape index (κ1) is 9.74. The van der Waals surface area contributed by atoms with Gasteiger partial charge >= 0.3 is 0 Å². The molecule has 3 heteroatoms.